The summed E-state index contributed by atoms with van der Waals surface area (Å²) in [5, 5.41) is 12.8. The van der Waals surface area contributed by atoms with Crippen LogP contribution in [0.15, 0.2) is 41.1 Å². The van der Waals surface area contributed by atoms with E-state index in [0.717, 1.165) is 18.2 Å². The number of anilines is 1. The zero-order chi connectivity index (χ0) is 14.7. The Morgan fingerprint density at radius 1 is 1.35 bits per heavy atom. The summed E-state index contributed by atoms with van der Waals surface area (Å²) in [4.78, 5) is 25.5. The number of aromatic nitrogens is 1. The quantitative estimate of drug-likeness (QED) is 0.528. The van der Waals surface area contributed by atoms with Crippen molar-refractivity contribution in [3.63, 3.8) is 0 Å². The average molecular weight is 340 g/mol. The number of rotatable bonds is 3. The lowest BCUT2D eigenvalue weighted by molar-refractivity contribution is -0.385. The topological polar surface area (TPSA) is 85.1 Å². The SMILES string of the molecule is O=C(Nc1ccc([N+](=O)[O-])cc1F)c1ccnc(Br)c1. The molecular formula is C12H7BrFN3O3. The number of pyridine rings is 1. The summed E-state index contributed by atoms with van der Waals surface area (Å²) in [5.74, 6) is -1.42. The maximum absolute atomic E-state index is 13.6. The molecule has 0 bridgehead atoms. The highest BCUT2D eigenvalue weighted by molar-refractivity contribution is 9.10. The van der Waals surface area contributed by atoms with Gasteiger partial charge in [0.1, 0.15) is 4.60 Å². The molecule has 0 unspecified atom stereocenters. The van der Waals surface area contributed by atoms with Crippen LogP contribution >= 0.6 is 15.9 Å². The molecule has 0 saturated carbocycles. The Morgan fingerprint density at radius 3 is 2.70 bits per heavy atom. The van der Waals surface area contributed by atoms with Gasteiger partial charge in [-0.1, -0.05) is 0 Å². The van der Waals surface area contributed by atoms with Crippen molar-refractivity contribution in [2.45, 2.75) is 0 Å². The highest BCUT2D eigenvalue weighted by Crippen LogP contribution is 2.21. The van der Waals surface area contributed by atoms with E-state index < -0.39 is 16.6 Å². The van der Waals surface area contributed by atoms with Crippen LogP contribution in [0.3, 0.4) is 0 Å². The molecule has 1 heterocycles. The van der Waals surface area contributed by atoms with Crippen LogP contribution in [0.1, 0.15) is 10.4 Å². The molecule has 0 aliphatic carbocycles. The Labute approximate surface area is 120 Å². The van der Waals surface area contributed by atoms with Crippen LogP contribution in [0.4, 0.5) is 15.8 Å². The molecule has 1 aromatic heterocycles. The molecule has 0 aliphatic rings. The molecule has 0 atom stereocenters. The van der Waals surface area contributed by atoms with Gasteiger partial charge in [-0.05, 0) is 34.1 Å². The third-order valence-electron chi connectivity index (χ3n) is 2.40. The van der Waals surface area contributed by atoms with E-state index in [4.69, 9.17) is 0 Å². The molecule has 0 radical (unpaired) electrons. The van der Waals surface area contributed by atoms with Crippen molar-refractivity contribution in [2.24, 2.45) is 0 Å². The average Bonchev–Trinajstić information content (AvgIpc) is 2.40. The van der Waals surface area contributed by atoms with Crippen LogP contribution in [0.25, 0.3) is 0 Å². The van der Waals surface area contributed by atoms with Crippen LogP contribution in [0.2, 0.25) is 0 Å². The van der Waals surface area contributed by atoms with Crippen molar-refractivity contribution in [2.75, 3.05) is 5.32 Å². The summed E-state index contributed by atoms with van der Waals surface area (Å²) in [5.41, 5.74) is -0.231. The summed E-state index contributed by atoms with van der Waals surface area (Å²) in [6.45, 7) is 0. The van der Waals surface area contributed by atoms with Gasteiger partial charge in [0.2, 0.25) is 0 Å². The highest BCUT2D eigenvalue weighted by Gasteiger charge is 2.13. The van der Waals surface area contributed by atoms with E-state index in [2.05, 4.69) is 26.2 Å². The summed E-state index contributed by atoms with van der Waals surface area (Å²) in [6.07, 6.45) is 1.42. The van der Waals surface area contributed by atoms with Crippen molar-refractivity contribution in [3.8, 4) is 0 Å². The number of nitrogens with zero attached hydrogens (tertiary/aromatic N) is 2. The molecule has 0 aliphatic heterocycles. The van der Waals surface area contributed by atoms with Crippen molar-refractivity contribution in [1.29, 1.82) is 0 Å². The lowest BCUT2D eigenvalue weighted by atomic mass is 10.2. The second-order valence-corrected chi connectivity index (χ2v) is 4.56. The number of carbonyl (C=O) groups excluding carboxylic acids is 1. The van der Waals surface area contributed by atoms with Crippen molar-refractivity contribution >= 4 is 33.2 Å². The lowest BCUT2D eigenvalue weighted by Gasteiger charge is -2.06. The van der Waals surface area contributed by atoms with Gasteiger partial charge in [-0.15, -0.1) is 0 Å². The smallest absolute Gasteiger partial charge is 0.272 e. The number of nitro benzene ring substituents is 1. The normalized spacial score (nSPS) is 10.1. The molecule has 0 fully saturated rings. The van der Waals surface area contributed by atoms with E-state index in [1.165, 1.54) is 18.3 Å². The molecule has 2 rings (SSSR count). The zero-order valence-electron chi connectivity index (χ0n) is 9.84. The molecule has 0 saturated heterocycles. The van der Waals surface area contributed by atoms with Gasteiger partial charge < -0.3 is 5.32 Å². The van der Waals surface area contributed by atoms with Crippen LogP contribution in [-0.2, 0) is 0 Å². The van der Waals surface area contributed by atoms with Gasteiger partial charge in [0.05, 0.1) is 16.7 Å². The van der Waals surface area contributed by atoms with E-state index in [-0.39, 0.29) is 16.9 Å². The van der Waals surface area contributed by atoms with Gasteiger partial charge in [0.15, 0.2) is 5.82 Å². The summed E-state index contributed by atoms with van der Waals surface area (Å²) in [7, 11) is 0. The molecule has 0 spiro atoms. The Hall–Kier alpha value is -2.35. The van der Waals surface area contributed by atoms with Gasteiger partial charge in [0, 0.05) is 17.8 Å². The fourth-order valence-electron chi connectivity index (χ4n) is 1.46. The molecule has 20 heavy (non-hydrogen) atoms. The molecule has 2 aromatic rings. The van der Waals surface area contributed by atoms with Crippen molar-refractivity contribution < 1.29 is 14.1 Å². The minimum Gasteiger partial charge on any atom is -0.319 e. The minimum atomic E-state index is -0.874. The number of amides is 1. The number of benzene rings is 1. The summed E-state index contributed by atoms with van der Waals surface area (Å²) in [6, 6.07) is 5.93. The van der Waals surface area contributed by atoms with Crippen LogP contribution in [-0.4, -0.2) is 15.8 Å². The Bertz CT molecular complexity index is 693. The monoisotopic (exact) mass is 339 g/mol. The molecule has 6 nitrogen and oxygen atoms in total. The first-order chi connectivity index (χ1) is 9.47. The fourth-order valence-corrected chi connectivity index (χ4v) is 1.82. The number of carbonyl (C=O) groups is 1. The van der Waals surface area contributed by atoms with E-state index in [0.29, 0.717) is 4.60 Å². The second-order valence-electron chi connectivity index (χ2n) is 3.74. The Balaban J connectivity index is 2.22. The molecular weight excluding hydrogens is 333 g/mol. The molecule has 1 N–H and O–H groups in total. The number of hydrogen-bond acceptors (Lipinski definition) is 4. The lowest BCUT2D eigenvalue weighted by Crippen LogP contribution is -2.13. The third kappa shape index (κ3) is 3.15. The van der Waals surface area contributed by atoms with Gasteiger partial charge in [-0.25, -0.2) is 9.37 Å². The van der Waals surface area contributed by atoms with Gasteiger partial charge >= 0.3 is 0 Å². The van der Waals surface area contributed by atoms with Gasteiger partial charge in [-0.3, -0.25) is 14.9 Å². The van der Waals surface area contributed by atoms with E-state index in [9.17, 15) is 19.3 Å². The standard InChI is InChI=1S/C12H7BrFN3O3/c13-11-5-7(3-4-15-11)12(18)16-10-2-1-8(17(19)20)6-9(10)14/h1-6H,(H,16,18). The number of nitro groups is 1. The first kappa shape index (κ1) is 14.1. The Morgan fingerprint density at radius 2 is 2.10 bits per heavy atom. The van der Waals surface area contributed by atoms with Gasteiger partial charge in [0.25, 0.3) is 11.6 Å². The molecule has 8 heteroatoms. The number of hydrogen-bond donors (Lipinski definition) is 1. The van der Waals surface area contributed by atoms with Crippen molar-refractivity contribution in [1.82, 2.24) is 4.98 Å². The molecule has 102 valence electrons. The minimum absolute atomic E-state index is 0.131. The number of nitrogens with one attached hydrogen (secondary N) is 1. The first-order valence-corrected chi connectivity index (χ1v) is 6.13. The van der Waals surface area contributed by atoms with Crippen LogP contribution in [0.5, 0.6) is 0 Å². The van der Waals surface area contributed by atoms with Crippen molar-refractivity contribution in [3.05, 3.63) is 62.6 Å². The van der Waals surface area contributed by atoms with E-state index in [1.807, 2.05) is 0 Å². The first-order valence-electron chi connectivity index (χ1n) is 5.34. The fraction of sp³-hybridized carbons (Fsp3) is 0. The highest BCUT2D eigenvalue weighted by atomic mass is 79.9. The largest absolute Gasteiger partial charge is 0.319 e. The summed E-state index contributed by atoms with van der Waals surface area (Å²) < 4.78 is 14.1. The zero-order valence-corrected chi connectivity index (χ0v) is 11.4. The van der Waals surface area contributed by atoms with E-state index in [1.54, 1.807) is 0 Å². The van der Waals surface area contributed by atoms with Crippen LogP contribution < -0.4 is 5.32 Å². The predicted molar refractivity (Wildman–Crippen MR) is 72.9 cm³/mol. The van der Waals surface area contributed by atoms with Crippen LogP contribution in [0, 0.1) is 15.9 Å². The number of non-ortho nitro benzene ring substituents is 1. The molecule has 1 amide bonds. The predicted octanol–water partition coefficient (Wildman–Crippen LogP) is 3.14. The van der Waals surface area contributed by atoms with E-state index >= 15 is 0 Å². The second kappa shape index (κ2) is 5.74. The Kier molecular flexibility index (Phi) is 4.04. The summed E-state index contributed by atoms with van der Waals surface area (Å²) >= 11 is 3.12. The third-order valence-corrected chi connectivity index (χ3v) is 2.83. The maximum atomic E-state index is 13.6. The van der Waals surface area contributed by atoms with Gasteiger partial charge in [-0.2, -0.15) is 0 Å². The maximum Gasteiger partial charge on any atom is 0.272 e. The molecule has 1 aromatic carbocycles. The number of halogens is 2.